The zero-order chi connectivity index (χ0) is 19.0. The second-order valence-electron chi connectivity index (χ2n) is 7.20. The number of benzene rings is 1. The highest BCUT2D eigenvalue weighted by Crippen LogP contribution is 2.50. The summed E-state index contributed by atoms with van der Waals surface area (Å²) in [4.78, 5) is 0. The number of alkyl halides is 6. The molecule has 0 aromatic heterocycles. The zero-order valence-corrected chi connectivity index (χ0v) is 14.0. The summed E-state index contributed by atoms with van der Waals surface area (Å²) in [7, 11) is 0. The fourth-order valence-corrected chi connectivity index (χ4v) is 2.72. The van der Waals surface area contributed by atoms with Gasteiger partial charge in [0.1, 0.15) is 0 Å². The van der Waals surface area contributed by atoms with Crippen molar-refractivity contribution in [3.63, 3.8) is 0 Å². The second-order valence-corrected chi connectivity index (χ2v) is 7.20. The Bertz CT molecular complexity index is 522. The molecular formula is C17H22F6O. The van der Waals surface area contributed by atoms with E-state index in [1.807, 2.05) is 27.7 Å². The fraction of sp³-hybridized carbons (Fsp3) is 0.647. The molecule has 138 valence electrons. The molecule has 0 aliphatic heterocycles. The van der Waals surface area contributed by atoms with Crippen LogP contribution in [0.25, 0.3) is 0 Å². The van der Waals surface area contributed by atoms with Crippen LogP contribution in [0.15, 0.2) is 24.3 Å². The Morgan fingerprint density at radius 2 is 1.29 bits per heavy atom. The van der Waals surface area contributed by atoms with Gasteiger partial charge in [0, 0.05) is 5.56 Å². The van der Waals surface area contributed by atoms with Crippen LogP contribution in [-0.2, 0) is 5.60 Å². The van der Waals surface area contributed by atoms with Crippen molar-refractivity contribution >= 4 is 0 Å². The minimum atomic E-state index is -5.86. The number of halogens is 6. The van der Waals surface area contributed by atoms with Crippen molar-refractivity contribution in [2.75, 3.05) is 0 Å². The largest absolute Gasteiger partial charge is 0.430 e. The molecule has 1 nitrogen and oxygen atoms in total. The van der Waals surface area contributed by atoms with Gasteiger partial charge in [0.25, 0.3) is 5.60 Å². The monoisotopic (exact) mass is 356 g/mol. The van der Waals surface area contributed by atoms with E-state index in [1.54, 1.807) is 0 Å². The third kappa shape index (κ3) is 4.23. The molecule has 1 aromatic rings. The molecule has 1 N–H and O–H groups in total. The maximum Gasteiger partial charge on any atom is 0.430 e. The Kier molecular flexibility index (Phi) is 5.70. The summed E-state index contributed by atoms with van der Waals surface area (Å²) >= 11 is 0. The molecule has 0 saturated carbocycles. The average Bonchev–Trinajstić information content (AvgIpc) is 2.40. The molecule has 0 bridgehead atoms. The van der Waals surface area contributed by atoms with Crippen molar-refractivity contribution in [1.29, 1.82) is 0 Å². The molecule has 7 heteroatoms. The highest BCUT2D eigenvalue weighted by Gasteiger charge is 2.71. The lowest BCUT2D eigenvalue weighted by Gasteiger charge is -2.33. The van der Waals surface area contributed by atoms with Crippen LogP contribution in [0.1, 0.15) is 57.6 Å². The van der Waals surface area contributed by atoms with Crippen LogP contribution in [0.4, 0.5) is 26.3 Å². The smallest absolute Gasteiger partial charge is 0.369 e. The van der Waals surface area contributed by atoms with Gasteiger partial charge in [0.05, 0.1) is 0 Å². The topological polar surface area (TPSA) is 20.2 Å². The van der Waals surface area contributed by atoms with Gasteiger partial charge in [-0.1, -0.05) is 52.0 Å². The van der Waals surface area contributed by atoms with E-state index in [-0.39, 0.29) is 11.3 Å². The Morgan fingerprint density at radius 1 is 0.875 bits per heavy atom. The lowest BCUT2D eigenvalue weighted by molar-refractivity contribution is -0.376. The summed E-state index contributed by atoms with van der Waals surface area (Å²) < 4.78 is 77.2. The molecular weight excluding hydrogens is 334 g/mol. The highest BCUT2D eigenvalue weighted by molar-refractivity contribution is 5.32. The molecule has 24 heavy (non-hydrogen) atoms. The van der Waals surface area contributed by atoms with Crippen molar-refractivity contribution in [3.8, 4) is 0 Å². The van der Waals surface area contributed by atoms with Gasteiger partial charge in [-0.25, -0.2) is 0 Å². The van der Waals surface area contributed by atoms with Gasteiger partial charge in [0.15, 0.2) is 0 Å². The summed E-state index contributed by atoms with van der Waals surface area (Å²) in [6.07, 6.45) is -10.3. The lowest BCUT2D eigenvalue weighted by atomic mass is 9.79. The number of aliphatic hydroxyl groups is 1. The van der Waals surface area contributed by atoms with Crippen LogP contribution in [0.3, 0.4) is 0 Å². The molecule has 0 aliphatic rings. The zero-order valence-electron chi connectivity index (χ0n) is 14.0. The minimum absolute atomic E-state index is 0.0175. The standard InChI is InChI=1S/C17H22F6O/c1-5-11(10-14(2,3)4)12-6-8-13(9-7-12)15(24,16(18,19)20)17(21,22)23/h6-9,11,24H,5,10H2,1-4H3. The Labute approximate surface area is 137 Å². The molecule has 0 fully saturated rings. The predicted molar refractivity (Wildman–Crippen MR) is 79.6 cm³/mol. The van der Waals surface area contributed by atoms with Crippen molar-refractivity contribution in [2.24, 2.45) is 5.41 Å². The first-order chi connectivity index (χ1) is 10.6. The van der Waals surface area contributed by atoms with Crippen LogP contribution >= 0.6 is 0 Å². The van der Waals surface area contributed by atoms with Gasteiger partial charge >= 0.3 is 12.4 Å². The van der Waals surface area contributed by atoms with Gasteiger partial charge in [-0.3, -0.25) is 0 Å². The molecule has 1 unspecified atom stereocenters. The van der Waals surface area contributed by atoms with Crippen molar-refractivity contribution in [2.45, 2.75) is 64.4 Å². The SMILES string of the molecule is CCC(CC(C)(C)C)c1ccc(C(O)(C(F)(F)F)C(F)(F)F)cc1. The van der Waals surface area contributed by atoms with E-state index in [2.05, 4.69) is 0 Å². The van der Waals surface area contributed by atoms with Crippen LogP contribution in [0.5, 0.6) is 0 Å². The lowest BCUT2D eigenvalue weighted by Crippen LogP contribution is -2.53. The molecule has 0 heterocycles. The Balaban J connectivity index is 3.26. The van der Waals surface area contributed by atoms with Gasteiger partial charge < -0.3 is 5.11 Å². The molecule has 0 saturated heterocycles. The van der Waals surface area contributed by atoms with Crippen LogP contribution in [0, 0.1) is 5.41 Å². The third-order valence-electron chi connectivity index (χ3n) is 3.97. The molecule has 0 radical (unpaired) electrons. The van der Waals surface area contributed by atoms with E-state index in [4.69, 9.17) is 0 Å². The van der Waals surface area contributed by atoms with E-state index in [0.717, 1.165) is 6.42 Å². The van der Waals surface area contributed by atoms with Gasteiger partial charge in [-0.05, 0) is 29.7 Å². The summed E-state index contributed by atoms with van der Waals surface area (Å²) in [5, 5.41) is 9.38. The van der Waals surface area contributed by atoms with Crippen LogP contribution < -0.4 is 0 Å². The quantitative estimate of drug-likeness (QED) is 0.663. The van der Waals surface area contributed by atoms with Gasteiger partial charge in [-0.2, -0.15) is 26.3 Å². The summed E-state index contributed by atoms with van der Waals surface area (Å²) in [6, 6.07) is 3.89. The van der Waals surface area contributed by atoms with E-state index in [9.17, 15) is 31.4 Å². The normalized spacial score (nSPS) is 15.5. The summed E-state index contributed by atoms with van der Waals surface area (Å²) in [5.41, 5.74) is -5.47. The van der Waals surface area contributed by atoms with E-state index < -0.39 is 23.5 Å². The molecule has 1 aromatic carbocycles. The van der Waals surface area contributed by atoms with E-state index in [1.165, 1.54) is 12.1 Å². The number of hydrogen-bond donors (Lipinski definition) is 1. The summed E-state index contributed by atoms with van der Waals surface area (Å²) in [5.74, 6) is 0.0175. The number of hydrogen-bond acceptors (Lipinski definition) is 1. The predicted octanol–water partition coefficient (Wildman–Crippen LogP) is 5.93. The Morgan fingerprint density at radius 3 is 1.58 bits per heavy atom. The third-order valence-corrected chi connectivity index (χ3v) is 3.97. The van der Waals surface area contributed by atoms with Crippen LogP contribution in [-0.4, -0.2) is 17.5 Å². The van der Waals surface area contributed by atoms with Crippen LogP contribution in [0.2, 0.25) is 0 Å². The maximum absolute atomic E-state index is 12.9. The fourth-order valence-electron chi connectivity index (χ4n) is 2.72. The van der Waals surface area contributed by atoms with E-state index in [0.29, 0.717) is 24.1 Å². The molecule has 1 rings (SSSR count). The van der Waals surface area contributed by atoms with Crippen molar-refractivity contribution < 1.29 is 31.4 Å². The van der Waals surface area contributed by atoms with Gasteiger partial charge in [0.2, 0.25) is 0 Å². The molecule has 0 spiro atoms. The van der Waals surface area contributed by atoms with Crippen molar-refractivity contribution in [1.82, 2.24) is 0 Å². The average molecular weight is 356 g/mol. The first-order valence-corrected chi connectivity index (χ1v) is 7.59. The number of rotatable bonds is 4. The molecule has 1 atom stereocenters. The summed E-state index contributed by atoms with van der Waals surface area (Å²) in [6.45, 7) is 7.94. The molecule has 0 aliphatic carbocycles. The highest BCUT2D eigenvalue weighted by atomic mass is 19.4. The van der Waals surface area contributed by atoms with E-state index >= 15 is 0 Å². The molecule has 0 amide bonds. The minimum Gasteiger partial charge on any atom is -0.369 e. The van der Waals surface area contributed by atoms with Crippen molar-refractivity contribution in [3.05, 3.63) is 35.4 Å². The second kappa shape index (κ2) is 6.58. The first-order valence-electron chi connectivity index (χ1n) is 7.59. The first kappa shape index (κ1) is 20.8. The Hall–Kier alpha value is -1.24. The maximum atomic E-state index is 12.9. The van der Waals surface area contributed by atoms with Gasteiger partial charge in [-0.15, -0.1) is 0 Å².